The van der Waals surface area contributed by atoms with E-state index < -0.39 is 0 Å². The van der Waals surface area contributed by atoms with E-state index in [4.69, 9.17) is 4.74 Å². The predicted molar refractivity (Wildman–Crippen MR) is 147 cm³/mol. The number of rotatable bonds is 4. The van der Waals surface area contributed by atoms with Crippen LogP contribution in [0.15, 0.2) is 24.4 Å². The zero-order valence-corrected chi connectivity index (χ0v) is 23.4. The standard InChI is InChI=1S/C16H19N3O2.C5H12O.2C2H6.CH4S/c1-12(21)15-11-19(8-9-20)16-3-2-13(10-14(15)16)18-6-4-17-5-7-18;1-5(2,3)6-4;3*1-2/h2-3,9-11,17H,4-8H2,1H3;1-4H3;2*1-2H3;2H,1H3. The molecular formula is C26H47N3O3S. The molecule has 1 aromatic carbocycles. The number of anilines is 1. The third-order valence-electron chi connectivity index (χ3n) is 4.61. The largest absolute Gasteiger partial charge is 0.379 e. The number of carbonyl (C=O) groups excluding carboxylic acids is 2. The summed E-state index contributed by atoms with van der Waals surface area (Å²) in [7, 11) is 1.71. The molecule has 2 heterocycles. The van der Waals surface area contributed by atoms with Gasteiger partial charge in [0.25, 0.3) is 0 Å². The van der Waals surface area contributed by atoms with Gasteiger partial charge in [0.05, 0.1) is 12.1 Å². The number of nitrogens with zero attached hydrogens (tertiary/aromatic N) is 2. The first-order chi connectivity index (χ1) is 15.8. The van der Waals surface area contributed by atoms with Gasteiger partial charge in [0.2, 0.25) is 0 Å². The Kier molecular flexibility index (Phi) is 18.8. The number of methoxy groups -OCH3 is 1. The van der Waals surface area contributed by atoms with Crippen LogP contribution in [-0.2, 0) is 16.1 Å². The molecule has 2 aromatic rings. The monoisotopic (exact) mass is 481 g/mol. The molecule has 1 fully saturated rings. The molecule has 1 aliphatic rings. The minimum Gasteiger partial charge on any atom is -0.379 e. The van der Waals surface area contributed by atoms with Gasteiger partial charge in [0.1, 0.15) is 6.29 Å². The van der Waals surface area contributed by atoms with Crippen molar-refractivity contribution >= 4 is 41.3 Å². The Hall–Kier alpha value is -1.83. The van der Waals surface area contributed by atoms with Crippen LogP contribution in [0.25, 0.3) is 10.9 Å². The molecule has 0 amide bonds. The number of ether oxygens (including phenoxy) is 1. The zero-order chi connectivity index (χ0) is 26.0. The number of hydrogen-bond donors (Lipinski definition) is 2. The van der Waals surface area contributed by atoms with E-state index in [1.165, 1.54) is 0 Å². The van der Waals surface area contributed by atoms with Crippen LogP contribution in [0.2, 0.25) is 0 Å². The quantitative estimate of drug-likeness (QED) is 0.344. The van der Waals surface area contributed by atoms with Crippen LogP contribution in [-0.4, -0.2) is 61.8 Å². The molecular weight excluding hydrogens is 434 g/mol. The van der Waals surface area contributed by atoms with Crippen molar-refractivity contribution in [2.75, 3.05) is 44.4 Å². The molecule has 0 bridgehead atoms. The third kappa shape index (κ3) is 11.7. The Bertz CT molecular complexity index is 792. The lowest BCUT2D eigenvalue weighted by Crippen LogP contribution is -2.43. The van der Waals surface area contributed by atoms with Crippen molar-refractivity contribution < 1.29 is 14.3 Å². The molecule has 190 valence electrons. The molecule has 0 radical (unpaired) electrons. The number of nitrogens with one attached hydrogen (secondary N) is 1. The van der Waals surface area contributed by atoms with E-state index in [2.05, 4.69) is 35.0 Å². The predicted octanol–water partition coefficient (Wildman–Crippen LogP) is 5.48. The zero-order valence-electron chi connectivity index (χ0n) is 22.5. The van der Waals surface area contributed by atoms with Crippen LogP contribution in [0.1, 0.15) is 65.7 Å². The average Bonchev–Trinajstić information content (AvgIpc) is 3.22. The number of benzene rings is 1. The number of carbonyl (C=O) groups is 2. The highest BCUT2D eigenvalue weighted by atomic mass is 32.1. The smallest absolute Gasteiger partial charge is 0.161 e. The minimum absolute atomic E-state index is 0.0297. The third-order valence-corrected chi connectivity index (χ3v) is 4.61. The Labute approximate surface area is 207 Å². The summed E-state index contributed by atoms with van der Waals surface area (Å²) in [6.07, 6.45) is 4.33. The lowest BCUT2D eigenvalue weighted by Gasteiger charge is -2.29. The van der Waals surface area contributed by atoms with Crippen LogP contribution in [0, 0.1) is 0 Å². The summed E-state index contributed by atoms with van der Waals surface area (Å²) in [5.41, 5.74) is 2.80. The number of aldehydes is 1. The molecule has 1 aromatic heterocycles. The van der Waals surface area contributed by atoms with E-state index in [0.29, 0.717) is 5.56 Å². The summed E-state index contributed by atoms with van der Waals surface area (Å²) in [6.45, 7) is 19.8. The maximum atomic E-state index is 11.8. The maximum absolute atomic E-state index is 11.8. The number of piperazine rings is 1. The lowest BCUT2D eigenvalue weighted by atomic mass is 10.1. The second-order valence-electron chi connectivity index (χ2n) is 7.67. The second kappa shape index (κ2) is 18.6. The van der Waals surface area contributed by atoms with Crippen molar-refractivity contribution in [3.63, 3.8) is 0 Å². The molecule has 33 heavy (non-hydrogen) atoms. The highest BCUT2D eigenvalue weighted by Crippen LogP contribution is 2.27. The Morgan fingerprint density at radius 1 is 1.12 bits per heavy atom. The van der Waals surface area contributed by atoms with E-state index >= 15 is 0 Å². The number of hydrogen-bond acceptors (Lipinski definition) is 6. The van der Waals surface area contributed by atoms with Gasteiger partial charge in [-0.25, -0.2) is 0 Å². The molecule has 1 N–H and O–H groups in total. The van der Waals surface area contributed by atoms with Gasteiger partial charge in [-0.15, -0.1) is 0 Å². The molecule has 0 atom stereocenters. The normalized spacial score (nSPS) is 12.5. The summed E-state index contributed by atoms with van der Waals surface area (Å²) in [6, 6.07) is 6.14. The van der Waals surface area contributed by atoms with Crippen LogP contribution in [0.5, 0.6) is 0 Å². The summed E-state index contributed by atoms with van der Waals surface area (Å²) in [5, 5.41) is 4.26. The van der Waals surface area contributed by atoms with Crippen molar-refractivity contribution in [3.05, 3.63) is 30.0 Å². The van der Waals surface area contributed by atoms with Crippen molar-refractivity contribution in [2.45, 2.75) is 67.5 Å². The number of aromatic nitrogens is 1. The summed E-state index contributed by atoms with van der Waals surface area (Å²) in [4.78, 5) is 24.9. The second-order valence-corrected chi connectivity index (χ2v) is 7.67. The van der Waals surface area contributed by atoms with Gasteiger partial charge in [-0.1, -0.05) is 27.7 Å². The minimum atomic E-state index is 0.0297. The van der Waals surface area contributed by atoms with E-state index in [-0.39, 0.29) is 17.9 Å². The average molecular weight is 482 g/mol. The topological polar surface area (TPSA) is 63.6 Å². The molecule has 0 spiro atoms. The number of fused-ring (bicyclic) bond motifs is 1. The fourth-order valence-corrected chi connectivity index (χ4v) is 2.92. The maximum Gasteiger partial charge on any atom is 0.161 e. The van der Waals surface area contributed by atoms with Gasteiger partial charge in [0.15, 0.2) is 5.78 Å². The van der Waals surface area contributed by atoms with Crippen LogP contribution >= 0.6 is 12.6 Å². The van der Waals surface area contributed by atoms with E-state index in [1.807, 2.05) is 59.1 Å². The van der Waals surface area contributed by atoms with E-state index in [0.717, 1.165) is 49.1 Å². The first kappa shape index (κ1) is 33.3. The van der Waals surface area contributed by atoms with Gasteiger partial charge in [-0.3, -0.25) is 4.79 Å². The number of thiol groups is 1. The first-order valence-electron chi connectivity index (χ1n) is 11.8. The molecule has 0 unspecified atom stereocenters. The number of ketones is 1. The van der Waals surface area contributed by atoms with Crippen LogP contribution in [0.3, 0.4) is 0 Å². The first-order valence-corrected chi connectivity index (χ1v) is 12.7. The molecule has 3 rings (SSSR count). The van der Waals surface area contributed by atoms with E-state index in [1.54, 1.807) is 26.5 Å². The van der Waals surface area contributed by atoms with Crippen molar-refractivity contribution in [3.8, 4) is 0 Å². The van der Waals surface area contributed by atoms with Gasteiger partial charge in [-0.05, 0) is 52.1 Å². The Balaban J connectivity index is 0. The molecule has 1 aliphatic heterocycles. The molecule has 7 heteroatoms. The van der Waals surface area contributed by atoms with Crippen molar-refractivity contribution in [1.82, 2.24) is 9.88 Å². The summed E-state index contributed by atoms with van der Waals surface area (Å²) < 4.78 is 6.77. The van der Waals surface area contributed by atoms with Crippen LogP contribution < -0.4 is 10.2 Å². The summed E-state index contributed by atoms with van der Waals surface area (Å²) >= 11 is 3.53. The SMILES string of the molecule is CC.CC.CC(=O)c1cn(CC=O)c2ccc(N3CCNCC3)cc12.COC(C)(C)C.CS. The Morgan fingerprint density at radius 3 is 2.06 bits per heavy atom. The lowest BCUT2D eigenvalue weighted by molar-refractivity contribution is -0.108. The van der Waals surface area contributed by atoms with Gasteiger partial charge in [-0.2, -0.15) is 12.6 Å². The fraction of sp³-hybridized carbons (Fsp3) is 0.615. The molecule has 1 saturated heterocycles. The number of Topliss-reactive ketones (excluding diaryl/α,β-unsaturated/α-hetero) is 1. The van der Waals surface area contributed by atoms with Crippen LogP contribution in [0.4, 0.5) is 5.69 Å². The van der Waals surface area contributed by atoms with Gasteiger partial charge >= 0.3 is 0 Å². The van der Waals surface area contributed by atoms with Crippen molar-refractivity contribution in [2.24, 2.45) is 0 Å². The Morgan fingerprint density at radius 2 is 1.64 bits per heavy atom. The summed E-state index contributed by atoms with van der Waals surface area (Å²) in [5.74, 6) is 0.0297. The highest BCUT2D eigenvalue weighted by Gasteiger charge is 2.15. The molecule has 0 saturated carbocycles. The molecule has 6 nitrogen and oxygen atoms in total. The van der Waals surface area contributed by atoms with Gasteiger partial charge in [0, 0.05) is 61.6 Å². The highest BCUT2D eigenvalue weighted by molar-refractivity contribution is 7.79. The van der Waals surface area contributed by atoms with Gasteiger partial charge < -0.3 is 24.3 Å². The van der Waals surface area contributed by atoms with E-state index in [9.17, 15) is 9.59 Å². The molecule has 0 aliphatic carbocycles. The fourth-order valence-electron chi connectivity index (χ4n) is 2.92. The van der Waals surface area contributed by atoms with Crippen molar-refractivity contribution in [1.29, 1.82) is 0 Å².